The Morgan fingerprint density at radius 1 is 0.963 bits per heavy atom. The Balaban J connectivity index is 1.57. The molecule has 1 aliphatic rings. The monoisotopic (exact) mass is 362 g/mol. The van der Waals surface area contributed by atoms with Crippen LogP contribution >= 0.6 is 0 Å². The molecule has 0 N–H and O–H groups in total. The lowest BCUT2D eigenvalue weighted by Gasteiger charge is -2.49. The highest BCUT2D eigenvalue weighted by Gasteiger charge is 2.43. The summed E-state index contributed by atoms with van der Waals surface area (Å²) in [5, 5.41) is 9.30. The molecule has 0 unspecified atom stereocenters. The summed E-state index contributed by atoms with van der Waals surface area (Å²) in [5.41, 5.74) is 1.62. The van der Waals surface area contributed by atoms with E-state index in [1.54, 1.807) is 0 Å². The van der Waals surface area contributed by atoms with E-state index in [9.17, 15) is 5.26 Å². The Hall–Kier alpha value is -2.31. The van der Waals surface area contributed by atoms with Crippen LogP contribution in [0.15, 0.2) is 54.6 Å². The van der Waals surface area contributed by atoms with Crippen molar-refractivity contribution in [2.45, 2.75) is 46.6 Å². The first kappa shape index (κ1) is 19.5. The molecule has 0 spiro atoms. The lowest BCUT2D eigenvalue weighted by Crippen LogP contribution is -2.46. The van der Waals surface area contributed by atoms with E-state index in [1.807, 2.05) is 42.5 Å². The van der Waals surface area contributed by atoms with Gasteiger partial charge in [0.2, 0.25) is 0 Å². The summed E-state index contributed by atoms with van der Waals surface area (Å²) in [5.74, 6) is 1.72. The number of piperidine rings is 1. The predicted molar refractivity (Wildman–Crippen MR) is 110 cm³/mol. The first-order valence-electron chi connectivity index (χ1n) is 9.83. The van der Waals surface area contributed by atoms with Gasteiger partial charge in [-0.15, -0.1) is 0 Å². The van der Waals surface area contributed by atoms with Crippen molar-refractivity contribution < 1.29 is 4.74 Å². The molecule has 0 bridgehead atoms. The Labute approximate surface area is 163 Å². The van der Waals surface area contributed by atoms with E-state index in [2.05, 4.69) is 43.9 Å². The number of likely N-dealkylation sites (tertiary alicyclic amines) is 1. The Kier molecular flexibility index (Phi) is 5.87. The molecule has 0 saturated carbocycles. The highest BCUT2D eigenvalue weighted by atomic mass is 16.5. The second kappa shape index (κ2) is 8.15. The molecule has 0 aromatic heterocycles. The van der Waals surface area contributed by atoms with Gasteiger partial charge in [-0.2, -0.15) is 5.26 Å². The zero-order chi connectivity index (χ0) is 19.3. The van der Waals surface area contributed by atoms with E-state index in [0.717, 1.165) is 44.0 Å². The van der Waals surface area contributed by atoms with Gasteiger partial charge in [-0.1, -0.05) is 51.1 Å². The number of hydrogen-bond donors (Lipinski definition) is 0. The number of para-hydroxylation sites is 1. The molecule has 142 valence electrons. The number of nitrogens with zero attached hydrogens (tertiary/aromatic N) is 2. The van der Waals surface area contributed by atoms with Crippen molar-refractivity contribution in [3.8, 4) is 17.6 Å². The molecular weight excluding hydrogens is 332 g/mol. The van der Waals surface area contributed by atoms with E-state index < -0.39 is 0 Å². The van der Waals surface area contributed by atoms with E-state index in [0.29, 0.717) is 6.42 Å². The lowest BCUT2D eigenvalue weighted by molar-refractivity contribution is 0.00711. The SMILES string of the molecule is CC(C)(C)C1(CC#N)CCN(Cc2ccc(Oc3ccccc3)cc2)CC1. The summed E-state index contributed by atoms with van der Waals surface area (Å²) < 4.78 is 5.87. The maximum absolute atomic E-state index is 9.30. The summed E-state index contributed by atoms with van der Waals surface area (Å²) >= 11 is 0. The van der Waals surface area contributed by atoms with E-state index in [-0.39, 0.29) is 10.8 Å². The van der Waals surface area contributed by atoms with Gasteiger partial charge in [-0.3, -0.25) is 4.90 Å². The third kappa shape index (κ3) is 4.70. The fourth-order valence-corrected chi connectivity index (χ4v) is 4.03. The van der Waals surface area contributed by atoms with E-state index >= 15 is 0 Å². The number of hydrogen-bond acceptors (Lipinski definition) is 3. The molecule has 3 heteroatoms. The second-order valence-electron chi connectivity index (χ2n) is 8.70. The smallest absolute Gasteiger partial charge is 0.127 e. The zero-order valence-corrected chi connectivity index (χ0v) is 16.7. The largest absolute Gasteiger partial charge is 0.457 e. The van der Waals surface area contributed by atoms with Crippen LogP contribution in [0, 0.1) is 22.2 Å². The molecule has 3 rings (SSSR count). The lowest BCUT2D eigenvalue weighted by atomic mass is 9.60. The fraction of sp³-hybridized carbons (Fsp3) is 0.458. The number of ether oxygens (including phenoxy) is 1. The van der Waals surface area contributed by atoms with Crippen molar-refractivity contribution in [1.82, 2.24) is 4.90 Å². The van der Waals surface area contributed by atoms with Gasteiger partial charge in [-0.25, -0.2) is 0 Å². The van der Waals surface area contributed by atoms with Crippen LogP contribution in [0.1, 0.15) is 45.6 Å². The maximum atomic E-state index is 9.30. The molecule has 0 aliphatic carbocycles. The summed E-state index contributed by atoms with van der Waals surface area (Å²) in [4.78, 5) is 2.51. The quantitative estimate of drug-likeness (QED) is 0.652. The van der Waals surface area contributed by atoms with Gasteiger partial charge in [0.05, 0.1) is 6.07 Å². The van der Waals surface area contributed by atoms with Gasteiger partial charge in [0.1, 0.15) is 11.5 Å². The van der Waals surface area contributed by atoms with Crippen molar-refractivity contribution in [3.63, 3.8) is 0 Å². The van der Waals surface area contributed by atoms with Crippen molar-refractivity contribution in [2.24, 2.45) is 10.8 Å². The Morgan fingerprint density at radius 3 is 2.11 bits per heavy atom. The molecule has 0 amide bonds. The van der Waals surface area contributed by atoms with E-state index in [4.69, 9.17) is 4.74 Å². The molecule has 3 nitrogen and oxygen atoms in total. The third-order valence-electron chi connectivity index (χ3n) is 6.13. The highest BCUT2D eigenvalue weighted by molar-refractivity contribution is 5.33. The van der Waals surface area contributed by atoms with Gasteiger partial charge < -0.3 is 4.74 Å². The number of nitriles is 1. The molecule has 1 aliphatic heterocycles. The molecule has 2 aromatic carbocycles. The topological polar surface area (TPSA) is 36.3 Å². The molecule has 0 atom stereocenters. The minimum Gasteiger partial charge on any atom is -0.457 e. The van der Waals surface area contributed by atoms with Crippen LogP contribution in [0.3, 0.4) is 0 Å². The van der Waals surface area contributed by atoms with Crippen molar-refractivity contribution in [2.75, 3.05) is 13.1 Å². The van der Waals surface area contributed by atoms with Gasteiger partial charge in [-0.05, 0) is 66.6 Å². The summed E-state index contributed by atoms with van der Waals surface area (Å²) in [6.07, 6.45) is 2.86. The fourth-order valence-electron chi connectivity index (χ4n) is 4.03. The molecular formula is C24H30N2O. The Morgan fingerprint density at radius 2 is 1.56 bits per heavy atom. The van der Waals surface area contributed by atoms with Gasteiger partial charge in [0.25, 0.3) is 0 Å². The molecule has 1 fully saturated rings. The number of rotatable bonds is 5. The summed E-state index contributed by atoms with van der Waals surface area (Å²) in [6.45, 7) is 9.92. The first-order valence-corrected chi connectivity index (χ1v) is 9.83. The van der Waals surface area contributed by atoms with Crippen LogP contribution in [0.2, 0.25) is 0 Å². The third-order valence-corrected chi connectivity index (χ3v) is 6.13. The van der Waals surface area contributed by atoms with E-state index in [1.165, 1.54) is 5.56 Å². The van der Waals surface area contributed by atoms with Crippen molar-refractivity contribution in [1.29, 1.82) is 5.26 Å². The molecule has 0 radical (unpaired) electrons. The van der Waals surface area contributed by atoms with Gasteiger partial charge in [0, 0.05) is 13.0 Å². The van der Waals surface area contributed by atoms with Crippen LogP contribution in [0.4, 0.5) is 0 Å². The van der Waals surface area contributed by atoms with Crippen LogP contribution in [-0.4, -0.2) is 18.0 Å². The highest BCUT2D eigenvalue weighted by Crippen LogP contribution is 2.49. The standard InChI is InChI=1S/C24H30N2O/c1-23(2,3)24(13-16-25)14-17-26(18-15-24)19-20-9-11-22(12-10-20)27-21-7-5-4-6-8-21/h4-12H,13-15,17-19H2,1-3H3. The maximum Gasteiger partial charge on any atom is 0.127 e. The first-order chi connectivity index (χ1) is 12.9. The normalized spacial score (nSPS) is 17.3. The van der Waals surface area contributed by atoms with Crippen LogP contribution in [0.5, 0.6) is 11.5 Å². The van der Waals surface area contributed by atoms with Crippen molar-refractivity contribution >= 4 is 0 Å². The number of benzene rings is 2. The molecule has 1 saturated heterocycles. The summed E-state index contributed by atoms with van der Waals surface area (Å²) in [6, 6.07) is 20.7. The second-order valence-corrected chi connectivity index (χ2v) is 8.70. The van der Waals surface area contributed by atoms with Crippen LogP contribution < -0.4 is 4.74 Å². The van der Waals surface area contributed by atoms with Gasteiger partial charge >= 0.3 is 0 Å². The average Bonchev–Trinajstić information content (AvgIpc) is 2.65. The predicted octanol–water partition coefficient (Wildman–Crippen LogP) is 6.02. The van der Waals surface area contributed by atoms with Gasteiger partial charge in [0.15, 0.2) is 0 Å². The van der Waals surface area contributed by atoms with Crippen molar-refractivity contribution in [3.05, 3.63) is 60.2 Å². The zero-order valence-electron chi connectivity index (χ0n) is 16.7. The minimum atomic E-state index is 0.144. The summed E-state index contributed by atoms with van der Waals surface area (Å²) in [7, 11) is 0. The van der Waals surface area contributed by atoms with Crippen LogP contribution in [0.25, 0.3) is 0 Å². The molecule has 27 heavy (non-hydrogen) atoms. The molecule has 2 aromatic rings. The molecule has 1 heterocycles. The minimum absolute atomic E-state index is 0.144. The Bertz CT molecular complexity index is 761. The van der Waals surface area contributed by atoms with Crippen LogP contribution in [-0.2, 0) is 6.54 Å². The average molecular weight is 363 g/mol.